The summed E-state index contributed by atoms with van der Waals surface area (Å²) in [4.78, 5) is 34.8. The van der Waals surface area contributed by atoms with E-state index in [4.69, 9.17) is 11.6 Å². The summed E-state index contributed by atoms with van der Waals surface area (Å²) in [6.45, 7) is 0. The van der Waals surface area contributed by atoms with Crippen LogP contribution in [0.2, 0.25) is 5.02 Å². The third kappa shape index (κ3) is 5.30. The van der Waals surface area contributed by atoms with E-state index in [1.54, 1.807) is 47.2 Å². The Balaban J connectivity index is 2.03. The molecule has 0 fully saturated rings. The molecule has 12 heteroatoms. The number of amides is 2. The summed E-state index contributed by atoms with van der Waals surface area (Å²) >= 11 is 14.5. The number of nitrogens with one attached hydrogen (secondary N) is 3. The van der Waals surface area contributed by atoms with Gasteiger partial charge < -0.3 is 5.32 Å². The number of anilines is 1. The van der Waals surface area contributed by atoms with Gasteiger partial charge in [-0.15, -0.1) is 17.4 Å². The molecule has 3 aromatic rings. The van der Waals surface area contributed by atoms with Crippen molar-refractivity contribution in [3.63, 3.8) is 0 Å². The van der Waals surface area contributed by atoms with E-state index in [1.165, 1.54) is 18.9 Å². The molecule has 0 spiro atoms. The predicted molar refractivity (Wildman–Crippen MR) is 128 cm³/mol. The first kappa shape index (κ1) is 23.8. The highest BCUT2D eigenvalue weighted by Gasteiger charge is 2.22. The van der Waals surface area contributed by atoms with Gasteiger partial charge in [0.2, 0.25) is 0 Å². The van der Waals surface area contributed by atoms with E-state index in [-0.39, 0.29) is 11.3 Å². The van der Waals surface area contributed by atoms with E-state index < -0.39 is 11.8 Å². The molecule has 0 saturated carbocycles. The van der Waals surface area contributed by atoms with Gasteiger partial charge in [-0.25, -0.2) is 4.98 Å². The van der Waals surface area contributed by atoms with Crippen molar-refractivity contribution >= 4 is 72.7 Å². The summed E-state index contributed by atoms with van der Waals surface area (Å²) in [6, 6.07) is 10.2. The number of hydrazine groups is 1. The quantitative estimate of drug-likeness (QED) is 0.270. The number of thioether (sulfide) groups is 1. The van der Waals surface area contributed by atoms with Gasteiger partial charge in [0.25, 0.3) is 11.8 Å². The zero-order chi connectivity index (χ0) is 22.5. The molecule has 0 aliphatic heterocycles. The summed E-state index contributed by atoms with van der Waals surface area (Å²) in [5, 5.41) is 3.99. The first-order valence-corrected chi connectivity index (χ1v) is 11.8. The molecule has 0 radical (unpaired) electrons. The minimum atomic E-state index is -0.507. The fourth-order valence-corrected chi connectivity index (χ4v) is 4.84. The third-order valence-corrected chi connectivity index (χ3v) is 6.16. The van der Waals surface area contributed by atoms with Crippen molar-refractivity contribution in [2.24, 2.45) is 0 Å². The van der Waals surface area contributed by atoms with Gasteiger partial charge in [0.15, 0.2) is 5.82 Å². The molecule has 3 N–H and O–H groups in total. The molecule has 162 valence electrons. The molecule has 0 unspecified atom stereocenters. The number of pyridine rings is 1. The van der Waals surface area contributed by atoms with Crippen molar-refractivity contribution in [1.29, 1.82) is 0 Å². The number of benzene rings is 1. The number of hydrogen-bond donors (Lipinski definition) is 3. The fraction of sp³-hybridized carbons (Fsp3) is 0.105. The summed E-state index contributed by atoms with van der Waals surface area (Å²) in [5.74, 6) is -0.522. The van der Waals surface area contributed by atoms with Crippen LogP contribution in [0.4, 0.5) is 5.69 Å². The monoisotopic (exact) mass is 587 g/mol. The molecule has 1 aromatic carbocycles. The number of hydrogen-bond acceptors (Lipinski definition) is 6. The highest BCUT2D eigenvalue weighted by atomic mass is 79.9. The minimum Gasteiger partial charge on any atom is -0.319 e. The number of halogens is 3. The van der Waals surface area contributed by atoms with Crippen LogP contribution >= 0.6 is 55.2 Å². The SMILES string of the molecule is CONNC(=O)c1cc(Br)cc(Br)c1NC(=O)c1ccc(SC)n1-c1ncccc1Cl. The van der Waals surface area contributed by atoms with Crippen molar-refractivity contribution in [1.82, 2.24) is 20.6 Å². The number of rotatable bonds is 7. The van der Waals surface area contributed by atoms with Crippen molar-refractivity contribution in [2.75, 3.05) is 18.7 Å². The Kier molecular flexibility index (Phi) is 8.14. The molecule has 2 heterocycles. The normalized spacial score (nSPS) is 10.7. The van der Waals surface area contributed by atoms with E-state index in [9.17, 15) is 9.59 Å². The number of carbonyl (C=O) groups is 2. The van der Waals surface area contributed by atoms with Crippen LogP contribution in [-0.4, -0.2) is 34.7 Å². The smallest absolute Gasteiger partial charge is 0.272 e. The zero-order valence-electron chi connectivity index (χ0n) is 16.2. The number of carbonyl (C=O) groups excluding carboxylic acids is 2. The van der Waals surface area contributed by atoms with E-state index in [0.29, 0.717) is 25.5 Å². The Morgan fingerprint density at radius 1 is 1.19 bits per heavy atom. The predicted octanol–water partition coefficient (Wildman–Crippen LogP) is 4.82. The van der Waals surface area contributed by atoms with Crippen LogP contribution in [0.25, 0.3) is 5.82 Å². The van der Waals surface area contributed by atoms with Gasteiger partial charge in [-0.1, -0.05) is 27.5 Å². The maximum Gasteiger partial charge on any atom is 0.272 e. The molecule has 0 bridgehead atoms. The van der Waals surface area contributed by atoms with Gasteiger partial charge in [-0.05, 0) is 58.6 Å². The Morgan fingerprint density at radius 3 is 2.65 bits per heavy atom. The lowest BCUT2D eigenvalue weighted by Crippen LogP contribution is -2.37. The van der Waals surface area contributed by atoms with Crippen molar-refractivity contribution in [3.05, 3.63) is 67.8 Å². The second kappa shape index (κ2) is 10.6. The lowest BCUT2D eigenvalue weighted by Gasteiger charge is -2.16. The van der Waals surface area contributed by atoms with Crippen LogP contribution in [0.15, 0.2) is 56.6 Å². The minimum absolute atomic E-state index is 0.207. The Labute approximate surface area is 204 Å². The topological polar surface area (TPSA) is 97.3 Å². The standard InChI is InChI=1S/C19H16Br2ClN5O3S/c1-30-26-25-18(28)11-8-10(20)9-12(21)16(11)24-19(29)14-5-6-15(31-2)27(14)17-13(22)4-3-7-23-17/h3-9,26H,1-2H3,(H,24,29)(H,25,28). The lowest BCUT2D eigenvalue weighted by molar-refractivity contribution is 0.0459. The number of nitrogens with zero attached hydrogens (tertiary/aromatic N) is 2. The van der Waals surface area contributed by atoms with Gasteiger partial charge in [0, 0.05) is 15.1 Å². The zero-order valence-corrected chi connectivity index (χ0v) is 20.9. The highest BCUT2D eigenvalue weighted by Crippen LogP contribution is 2.32. The molecule has 2 aromatic heterocycles. The molecular weight excluding hydrogens is 574 g/mol. The van der Waals surface area contributed by atoms with E-state index in [2.05, 4.69) is 58.0 Å². The largest absolute Gasteiger partial charge is 0.319 e. The summed E-state index contributed by atoms with van der Waals surface area (Å²) in [6.07, 6.45) is 3.49. The van der Waals surface area contributed by atoms with E-state index >= 15 is 0 Å². The molecular formula is C19H16Br2ClN5O3S. The van der Waals surface area contributed by atoms with Crippen molar-refractivity contribution < 1.29 is 14.4 Å². The van der Waals surface area contributed by atoms with Crippen LogP contribution in [0.1, 0.15) is 20.8 Å². The first-order valence-electron chi connectivity index (χ1n) is 8.62. The molecule has 0 atom stereocenters. The number of aromatic nitrogens is 2. The summed E-state index contributed by atoms with van der Waals surface area (Å²) in [7, 11) is 1.36. The second-order valence-corrected chi connectivity index (χ2v) is 8.93. The third-order valence-electron chi connectivity index (χ3n) is 4.04. The van der Waals surface area contributed by atoms with E-state index in [1.807, 2.05) is 6.26 Å². The molecule has 0 saturated heterocycles. The average molecular weight is 590 g/mol. The molecule has 31 heavy (non-hydrogen) atoms. The van der Waals surface area contributed by atoms with Crippen LogP contribution < -0.4 is 16.3 Å². The Morgan fingerprint density at radius 2 is 1.97 bits per heavy atom. The van der Waals surface area contributed by atoms with Gasteiger partial charge in [0.1, 0.15) is 5.69 Å². The summed E-state index contributed by atoms with van der Waals surface area (Å²) in [5.41, 5.74) is 5.45. The molecule has 0 aliphatic carbocycles. The maximum atomic E-state index is 13.3. The van der Waals surface area contributed by atoms with Gasteiger partial charge >= 0.3 is 0 Å². The van der Waals surface area contributed by atoms with Crippen LogP contribution in [-0.2, 0) is 4.84 Å². The van der Waals surface area contributed by atoms with Crippen molar-refractivity contribution in [2.45, 2.75) is 5.03 Å². The average Bonchev–Trinajstić information content (AvgIpc) is 3.18. The maximum absolute atomic E-state index is 13.3. The fourth-order valence-electron chi connectivity index (χ4n) is 2.74. The molecule has 3 rings (SSSR count). The Hall–Kier alpha value is -1.89. The second-order valence-electron chi connectivity index (χ2n) is 5.93. The summed E-state index contributed by atoms with van der Waals surface area (Å²) < 4.78 is 2.83. The lowest BCUT2D eigenvalue weighted by atomic mass is 10.1. The van der Waals surface area contributed by atoms with Gasteiger partial charge in [0.05, 0.1) is 28.4 Å². The van der Waals surface area contributed by atoms with Gasteiger partial charge in [-0.2, -0.15) is 0 Å². The van der Waals surface area contributed by atoms with Crippen LogP contribution in [0, 0.1) is 0 Å². The van der Waals surface area contributed by atoms with Crippen LogP contribution in [0.3, 0.4) is 0 Å². The molecule has 0 aliphatic rings. The molecule has 8 nitrogen and oxygen atoms in total. The van der Waals surface area contributed by atoms with Crippen molar-refractivity contribution in [3.8, 4) is 5.82 Å². The van der Waals surface area contributed by atoms with E-state index in [0.717, 1.165) is 5.03 Å². The first-order chi connectivity index (χ1) is 14.9. The van der Waals surface area contributed by atoms with Gasteiger partial charge in [-0.3, -0.25) is 24.4 Å². The van der Waals surface area contributed by atoms with Crippen LogP contribution in [0.5, 0.6) is 0 Å². The Bertz CT molecular complexity index is 1140. The molecule has 2 amide bonds. The highest BCUT2D eigenvalue weighted by molar-refractivity contribution is 9.11.